The molecule has 0 amide bonds. The second-order valence-corrected chi connectivity index (χ2v) is 4.56. The zero-order chi connectivity index (χ0) is 10.8. The van der Waals surface area contributed by atoms with E-state index in [1.54, 1.807) is 0 Å². The Morgan fingerprint density at radius 2 is 2.07 bits per heavy atom. The highest BCUT2D eigenvalue weighted by Gasteiger charge is 2.20. The molecule has 1 saturated heterocycles. The lowest BCUT2D eigenvalue weighted by Crippen LogP contribution is -2.21. The molecule has 0 saturated carbocycles. The molecule has 0 bridgehead atoms. The van der Waals surface area contributed by atoms with Gasteiger partial charge in [-0.1, -0.05) is 12.8 Å². The van der Waals surface area contributed by atoms with E-state index >= 15 is 0 Å². The maximum atomic E-state index is 4.49. The van der Waals surface area contributed by atoms with Crippen molar-refractivity contribution >= 4 is 0 Å². The SMILES string of the molecule is Cc1nn(C)c(C)c1[C@@H]1CCCCCN1. The first kappa shape index (κ1) is 10.7. The topological polar surface area (TPSA) is 29.9 Å². The van der Waals surface area contributed by atoms with Crippen LogP contribution in [-0.2, 0) is 7.05 Å². The third kappa shape index (κ3) is 2.07. The smallest absolute Gasteiger partial charge is 0.0644 e. The predicted octanol–water partition coefficient (Wildman–Crippen LogP) is 2.24. The van der Waals surface area contributed by atoms with Crippen molar-refractivity contribution in [2.75, 3.05) is 6.54 Å². The molecule has 0 spiro atoms. The molecule has 3 heteroatoms. The Bertz CT molecular complexity index is 333. The average molecular weight is 207 g/mol. The van der Waals surface area contributed by atoms with Crippen molar-refractivity contribution in [2.45, 2.75) is 45.6 Å². The summed E-state index contributed by atoms with van der Waals surface area (Å²) in [7, 11) is 2.03. The van der Waals surface area contributed by atoms with E-state index in [1.807, 2.05) is 11.7 Å². The van der Waals surface area contributed by atoms with Gasteiger partial charge in [-0.05, 0) is 33.2 Å². The Balaban J connectivity index is 2.26. The normalized spacial score (nSPS) is 22.7. The number of nitrogens with one attached hydrogen (secondary N) is 1. The Morgan fingerprint density at radius 1 is 1.27 bits per heavy atom. The van der Waals surface area contributed by atoms with E-state index in [4.69, 9.17) is 0 Å². The molecular formula is C12H21N3. The quantitative estimate of drug-likeness (QED) is 0.765. The van der Waals surface area contributed by atoms with Gasteiger partial charge in [0.05, 0.1) is 5.69 Å². The lowest BCUT2D eigenvalue weighted by Gasteiger charge is -2.16. The van der Waals surface area contributed by atoms with Crippen LogP contribution in [0.2, 0.25) is 0 Å². The van der Waals surface area contributed by atoms with E-state index in [1.165, 1.54) is 42.6 Å². The van der Waals surface area contributed by atoms with E-state index in [2.05, 4.69) is 24.3 Å². The van der Waals surface area contributed by atoms with Crippen molar-refractivity contribution in [2.24, 2.45) is 7.05 Å². The molecule has 1 aliphatic rings. The molecule has 2 rings (SSSR count). The molecule has 0 aliphatic carbocycles. The maximum absolute atomic E-state index is 4.49. The van der Waals surface area contributed by atoms with Gasteiger partial charge < -0.3 is 5.32 Å². The molecule has 1 fully saturated rings. The fourth-order valence-electron chi connectivity index (χ4n) is 2.57. The number of hydrogen-bond donors (Lipinski definition) is 1. The van der Waals surface area contributed by atoms with Gasteiger partial charge in [0.25, 0.3) is 0 Å². The van der Waals surface area contributed by atoms with Crippen molar-refractivity contribution in [3.8, 4) is 0 Å². The summed E-state index contributed by atoms with van der Waals surface area (Å²) < 4.78 is 2.00. The minimum atomic E-state index is 0.529. The van der Waals surface area contributed by atoms with Crippen molar-refractivity contribution in [3.05, 3.63) is 17.0 Å². The van der Waals surface area contributed by atoms with E-state index in [-0.39, 0.29) is 0 Å². The molecule has 0 radical (unpaired) electrons. The molecule has 1 aliphatic heterocycles. The second kappa shape index (κ2) is 4.35. The third-order valence-corrected chi connectivity index (χ3v) is 3.47. The summed E-state index contributed by atoms with van der Waals surface area (Å²) in [5.41, 5.74) is 3.93. The molecule has 0 aromatic carbocycles. The molecule has 3 nitrogen and oxygen atoms in total. The highest BCUT2D eigenvalue weighted by atomic mass is 15.3. The second-order valence-electron chi connectivity index (χ2n) is 4.56. The molecule has 1 aromatic heterocycles. The summed E-state index contributed by atoms with van der Waals surface area (Å²) in [6, 6.07) is 0.529. The number of hydrogen-bond acceptors (Lipinski definition) is 2. The van der Waals surface area contributed by atoms with Gasteiger partial charge in [0, 0.05) is 24.3 Å². The predicted molar refractivity (Wildman–Crippen MR) is 61.9 cm³/mol. The van der Waals surface area contributed by atoms with Gasteiger partial charge in [-0.3, -0.25) is 4.68 Å². The molecule has 15 heavy (non-hydrogen) atoms. The Hall–Kier alpha value is -0.830. The van der Waals surface area contributed by atoms with Crippen molar-refractivity contribution in [1.82, 2.24) is 15.1 Å². The van der Waals surface area contributed by atoms with E-state index in [9.17, 15) is 0 Å². The van der Waals surface area contributed by atoms with E-state index in [0.717, 1.165) is 6.54 Å². The minimum absolute atomic E-state index is 0.529. The van der Waals surface area contributed by atoms with Gasteiger partial charge in [-0.25, -0.2) is 0 Å². The number of nitrogens with zero attached hydrogens (tertiary/aromatic N) is 2. The zero-order valence-corrected chi connectivity index (χ0v) is 10.0. The fraction of sp³-hybridized carbons (Fsp3) is 0.750. The summed E-state index contributed by atoms with van der Waals surface area (Å²) in [4.78, 5) is 0. The van der Waals surface area contributed by atoms with Crippen molar-refractivity contribution in [3.63, 3.8) is 0 Å². The first-order valence-electron chi connectivity index (χ1n) is 5.93. The molecule has 0 unspecified atom stereocenters. The van der Waals surface area contributed by atoms with E-state index in [0.29, 0.717) is 6.04 Å². The van der Waals surface area contributed by atoms with Crippen LogP contribution in [0.25, 0.3) is 0 Å². The Kier molecular flexibility index (Phi) is 3.10. The van der Waals surface area contributed by atoms with Gasteiger partial charge >= 0.3 is 0 Å². The van der Waals surface area contributed by atoms with Gasteiger partial charge in [-0.2, -0.15) is 5.10 Å². The molecular weight excluding hydrogens is 186 g/mol. The standard InChI is InChI=1S/C12H21N3/c1-9-12(10(2)15(3)14-9)11-7-5-4-6-8-13-11/h11,13H,4-8H2,1-3H3/t11-/m0/s1. The van der Waals surface area contributed by atoms with Gasteiger partial charge in [0.1, 0.15) is 0 Å². The van der Waals surface area contributed by atoms with Gasteiger partial charge in [0.2, 0.25) is 0 Å². The van der Waals surface area contributed by atoms with Crippen molar-refractivity contribution < 1.29 is 0 Å². The summed E-state index contributed by atoms with van der Waals surface area (Å²) in [5, 5.41) is 8.13. The van der Waals surface area contributed by atoms with Crippen LogP contribution < -0.4 is 5.32 Å². The summed E-state index contributed by atoms with van der Waals surface area (Å²) in [6.07, 6.45) is 5.27. The Morgan fingerprint density at radius 3 is 2.73 bits per heavy atom. The monoisotopic (exact) mass is 207 g/mol. The van der Waals surface area contributed by atoms with Gasteiger partial charge in [-0.15, -0.1) is 0 Å². The number of aryl methyl sites for hydroxylation is 2. The van der Waals surface area contributed by atoms with Crippen LogP contribution >= 0.6 is 0 Å². The number of aromatic nitrogens is 2. The van der Waals surface area contributed by atoms with Crippen LogP contribution in [-0.4, -0.2) is 16.3 Å². The summed E-state index contributed by atoms with van der Waals surface area (Å²) >= 11 is 0. The molecule has 1 atom stereocenters. The first-order chi connectivity index (χ1) is 7.20. The van der Waals surface area contributed by atoms with Crippen LogP contribution in [0, 0.1) is 13.8 Å². The van der Waals surface area contributed by atoms with Crippen LogP contribution in [0.1, 0.15) is 48.7 Å². The first-order valence-corrected chi connectivity index (χ1v) is 5.93. The average Bonchev–Trinajstić information content (AvgIpc) is 2.46. The van der Waals surface area contributed by atoms with E-state index < -0.39 is 0 Å². The molecule has 2 heterocycles. The fourth-order valence-corrected chi connectivity index (χ4v) is 2.57. The summed E-state index contributed by atoms with van der Waals surface area (Å²) in [6.45, 7) is 5.44. The van der Waals surface area contributed by atoms with Crippen LogP contribution in [0.15, 0.2) is 0 Å². The van der Waals surface area contributed by atoms with Crippen LogP contribution in [0.4, 0.5) is 0 Å². The summed E-state index contributed by atoms with van der Waals surface area (Å²) in [5.74, 6) is 0. The van der Waals surface area contributed by atoms with Crippen LogP contribution in [0.5, 0.6) is 0 Å². The highest BCUT2D eigenvalue weighted by Crippen LogP contribution is 2.27. The maximum Gasteiger partial charge on any atom is 0.0644 e. The minimum Gasteiger partial charge on any atom is -0.310 e. The molecule has 84 valence electrons. The highest BCUT2D eigenvalue weighted by molar-refractivity contribution is 5.28. The molecule has 1 aromatic rings. The van der Waals surface area contributed by atoms with Crippen molar-refractivity contribution in [1.29, 1.82) is 0 Å². The van der Waals surface area contributed by atoms with Crippen LogP contribution in [0.3, 0.4) is 0 Å². The molecule has 1 N–H and O–H groups in total. The Labute approximate surface area is 91.9 Å². The lowest BCUT2D eigenvalue weighted by molar-refractivity contribution is 0.529. The lowest BCUT2D eigenvalue weighted by atomic mass is 10.0. The number of rotatable bonds is 1. The zero-order valence-electron chi connectivity index (χ0n) is 10.0. The largest absolute Gasteiger partial charge is 0.310 e. The van der Waals surface area contributed by atoms with Gasteiger partial charge in [0.15, 0.2) is 0 Å². The third-order valence-electron chi connectivity index (χ3n) is 3.47.